The Balaban J connectivity index is 1.13. The summed E-state index contributed by atoms with van der Waals surface area (Å²) in [5, 5.41) is 9.68. The van der Waals surface area contributed by atoms with Gasteiger partial charge in [-0.05, 0) is 95.4 Å². The normalized spacial score (nSPS) is 12.0. The zero-order valence-corrected chi connectivity index (χ0v) is 29.8. The lowest BCUT2D eigenvalue weighted by molar-refractivity contribution is 1.10. The number of rotatable bonds is 4. The number of nitrogens with zero attached hydrogens (tertiary/aromatic N) is 4. The van der Waals surface area contributed by atoms with Crippen LogP contribution in [0.25, 0.3) is 105 Å². The van der Waals surface area contributed by atoms with Crippen molar-refractivity contribution in [3.63, 3.8) is 0 Å². The Morgan fingerprint density at radius 2 is 0.745 bits per heavy atom. The molecule has 4 heteroatoms. The summed E-state index contributed by atoms with van der Waals surface area (Å²) in [5.74, 6) is 0.936. The predicted octanol–water partition coefficient (Wildman–Crippen LogP) is 13.2. The third-order valence-electron chi connectivity index (χ3n) is 11.5. The predicted molar refractivity (Wildman–Crippen MR) is 230 cm³/mol. The Bertz CT molecular complexity index is 3430. The van der Waals surface area contributed by atoms with Crippen LogP contribution in [0.3, 0.4) is 0 Å². The van der Waals surface area contributed by atoms with Gasteiger partial charge in [-0.1, -0.05) is 109 Å². The van der Waals surface area contributed by atoms with Crippen molar-refractivity contribution in [2.45, 2.75) is 0 Å². The first-order valence-electron chi connectivity index (χ1n) is 18.8. The van der Waals surface area contributed by atoms with Gasteiger partial charge in [-0.15, -0.1) is 0 Å². The van der Waals surface area contributed by atoms with E-state index in [4.69, 9.17) is 4.98 Å². The van der Waals surface area contributed by atoms with E-state index in [0.717, 1.165) is 33.6 Å². The Morgan fingerprint density at radius 3 is 1.40 bits per heavy atom. The minimum absolute atomic E-state index is 0.936. The van der Waals surface area contributed by atoms with Crippen molar-refractivity contribution in [2.24, 2.45) is 0 Å². The quantitative estimate of drug-likeness (QED) is 0.180. The van der Waals surface area contributed by atoms with Gasteiger partial charge < -0.3 is 9.13 Å². The fraction of sp³-hybridized carbons (Fsp3) is 0. The van der Waals surface area contributed by atoms with Crippen molar-refractivity contribution in [1.82, 2.24) is 18.7 Å². The molecule has 4 heterocycles. The molecule has 256 valence electrons. The molecule has 55 heavy (non-hydrogen) atoms. The van der Waals surface area contributed by atoms with Crippen LogP contribution in [0.4, 0.5) is 0 Å². The van der Waals surface area contributed by atoms with Gasteiger partial charge in [0.25, 0.3) is 0 Å². The molecule has 0 unspecified atom stereocenters. The van der Waals surface area contributed by atoms with Crippen LogP contribution in [0, 0.1) is 0 Å². The molecule has 12 aromatic rings. The molecule has 0 radical (unpaired) electrons. The molecule has 0 amide bonds. The first-order chi connectivity index (χ1) is 27.3. The molecule has 0 aliphatic rings. The molecule has 4 nitrogen and oxygen atoms in total. The van der Waals surface area contributed by atoms with E-state index in [-0.39, 0.29) is 0 Å². The second-order valence-corrected chi connectivity index (χ2v) is 14.4. The van der Waals surface area contributed by atoms with E-state index in [0.29, 0.717) is 0 Å². The molecule has 4 aromatic heterocycles. The topological polar surface area (TPSA) is 27.7 Å². The summed E-state index contributed by atoms with van der Waals surface area (Å²) in [5.41, 5.74) is 11.7. The van der Waals surface area contributed by atoms with Gasteiger partial charge in [-0.25, -0.2) is 4.98 Å². The molecule has 0 aliphatic heterocycles. The van der Waals surface area contributed by atoms with Gasteiger partial charge in [0.05, 0.1) is 33.1 Å². The lowest BCUT2D eigenvalue weighted by Gasteiger charge is -2.11. The third-order valence-corrected chi connectivity index (χ3v) is 11.5. The number of para-hydroxylation sites is 4. The molecule has 0 saturated heterocycles. The van der Waals surface area contributed by atoms with Crippen molar-refractivity contribution < 1.29 is 0 Å². The van der Waals surface area contributed by atoms with E-state index in [1.54, 1.807) is 0 Å². The highest BCUT2D eigenvalue weighted by Crippen LogP contribution is 2.40. The van der Waals surface area contributed by atoms with E-state index in [1.807, 2.05) is 6.20 Å². The van der Waals surface area contributed by atoms with E-state index in [9.17, 15) is 0 Å². The highest BCUT2D eigenvalue weighted by atomic mass is 15.1. The maximum atomic E-state index is 5.03. The van der Waals surface area contributed by atoms with E-state index >= 15 is 0 Å². The Kier molecular flexibility index (Phi) is 6.31. The van der Waals surface area contributed by atoms with Crippen molar-refractivity contribution in [3.8, 4) is 28.3 Å². The second-order valence-electron chi connectivity index (χ2n) is 14.4. The molecular formula is C51H32N4. The highest BCUT2D eigenvalue weighted by Gasteiger charge is 2.19. The maximum Gasteiger partial charge on any atom is 0.145 e. The largest absolute Gasteiger partial charge is 0.309 e. The number of hydrogen-bond acceptors (Lipinski definition) is 1. The monoisotopic (exact) mass is 700 g/mol. The zero-order chi connectivity index (χ0) is 36.0. The molecule has 0 atom stereocenters. The number of benzene rings is 8. The molecule has 0 bridgehead atoms. The van der Waals surface area contributed by atoms with Gasteiger partial charge in [0.2, 0.25) is 0 Å². The fourth-order valence-electron chi connectivity index (χ4n) is 9.05. The van der Waals surface area contributed by atoms with Crippen LogP contribution in [-0.4, -0.2) is 18.7 Å². The summed E-state index contributed by atoms with van der Waals surface area (Å²) < 4.78 is 7.13. The Labute approximate surface area is 316 Å². The van der Waals surface area contributed by atoms with E-state index in [1.165, 1.54) is 70.9 Å². The van der Waals surface area contributed by atoms with Gasteiger partial charge in [-0.2, -0.15) is 0 Å². The molecule has 0 aliphatic carbocycles. The van der Waals surface area contributed by atoms with Crippen LogP contribution >= 0.6 is 0 Å². The minimum atomic E-state index is 0.936. The number of aromatic nitrogens is 4. The van der Waals surface area contributed by atoms with Gasteiger partial charge >= 0.3 is 0 Å². The second kappa shape index (κ2) is 11.5. The molecule has 12 rings (SSSR count). The lowest BCUT2D eigenvalue weighted by atomic mass is 10.0. The Hall–Kier alpha value is -7.43. The van der Waals surface area contributed by atoms with Gasteiger partial charge in [-0.3, -0.25) is 4.57 Å². The van der Waals surface area contributed by atoms with Crippen LogP contribution < -0.4 is 0 Å². The van der Waals surface area contributed by atoms with Crippen molar-refractivity contribution >= 4 is 76.2 Å². The standard InChI is InChI=1S/C51H32N4/c1-2-13-36(14-3-1)53-47-21-11-8-18-41(47)42-30-34(22-25-48(42)53)35-23-26-49-43(31-35)44-32-37(54-45-19-9-6-16-39(45)40-17-7-10-20-46(40)54)24-27-50(44)55(49)51-38-15-5-4-12-33(38)28-29-52-51/h1-32H. The highest BCUT2D eigenvalue weighted by molar-refractivity contribution is 6.14. The van der Waals surface area contributed by atoms with Crippen molar-refractivity contribution in [1.29, 1.82) is 0 Å². The summed E-state index contributed by atoms with van der Waals surface area (Å²) in [6, 6.07) is 68.2. The summed E-state index contributed by atoms with van der Waals surface area (Å²) in [6.07, 6.45) is 1.93. The van der Waals surface area contributed by atoms with Crippen LogP contribution in [0.2, 0.25) is 0 Å². The lowest BCUT2D eigenvalue weighted by Crippen LogP contribution is -1.99. The van der Waals surface area contributed by atoms with Crippen LogP contribution in [0.1, 0.15) is 0 Å². The average molecular weight is 701 g/mol. The third kappa shape index (κ3) is 4.37. The smallest absolute Gasteiger partial charge is 0.145 e. The summed E-state index contributed by atoms with van der Waals surface area (Å²) in [6.45, 7) is 0. The van der Waals surface area contributed by atoms with E-state index in [2.05, 4.69) is 202 Å². The maximum absolute atomic E-state index is 5.03. The zero-order valence-electron chi connectivity index (χ0n) is 29.8. The van der Waals surface area contributed by atoms with Crippen molar-refractivity contribution in [3.05, 3.63) is 194 Å². The number of hydrogen-bond donors (Lipinski definition) is 0. The molecule has 0 N–H and O–H groups in total. The minimum Gasteiger partial charge on any atom is -0.309 e. The first-order valence-corrected chi connectivity index (χ1v) is 18.8. The van der Waals surface area contributed by atoms with E-state index < -0.39 is 0 Å². The van der Waals surface area contributed by atoms with Crippen molar-refractivity contribution in [2.75, 3.05) is 0 Å². The van der Waals surface area contributed by atoms with Crippen LogP contribution in [0.5, 0.6) is 0 Å². The van der Waals surface area contributed by atoms with Gasteiger partial charge in [0, 0.05) is 55.3 Å². The molecule has 0 saturated carbocycles. The van der Waals surface area contributed by atoms with Gasteiger partial charge in [0.15, 0.2) is 0 Å². The fourth-order valence-corrected chi connectivity index (χ4v) is 9.05. The SMILES string of the molecule is c1ccc(-n2c3ccccc3c3cc(-c4ccc5c(c4)c4cc(-n6c7ccccc7c7ccccc76)ccc4n5-c4nccc5ccccc45)ccc32)cc1. The molecular weight excluding hydrogens is 669 g/mol. The molecule has 8 aromatic carbocycles. The number of pyridine rings is 1. The summed E-state index contributed by atoms with van der Waals surface area (Å²) >= 11 is 0. The summed E-state index contributed by atoms with van der Waals surface area (Å²) in [4.78, 5) is 5.03. The first kappa shape index (κ1) is 30.1. The molecule has 0 spiro atoms. The number of fused-ring (bicyclic) bond motifs is 10. The Morgan fingerprint density at radius 1 is 0.291 bits per heavy atom. The van der Waals surface area contributed by atoms with Crippen LogP contribution in [0.15, 0.2) is 194 Å². The van der Waals surface area contributed by atoms with Crippen LogP contribution in [-0.2, 0) is 0 Å². The summed E-state index contributed by atoms with van der Waals surface area (Å²) in [7, 11) is 0. The molecule has 0 fully saturated rings. The average Bonchev–Trinajstić information content (AvgIpc) is 3.88. The van der Waals surface area contributed by atoms with Gasteiger partial charge in [0.1, 0.15) is 5.82 Å².